The van der Waals surface area contributed by atoms with Crippen molar-refractivity contribution in [3.63, 3.8) is 0 Å². The van der Waals surface area contributed by atoms with Crippen LogP contribution in [0.2, 0.25) is 0 Å². The highest BCUT2D eigenvalue weighted by molar-refractivity contribution is 7.92. The average Bonchev–Trinajstić information content (AvgIpc) is 3.34. The molecule has 0 atom stereocenters. The van der Waals surface area contributed by atoms with Crippen molar-refractivity contribution in [2.45, 2.75) is 36.3 Å². The maximum Gasteiger partial charge on any atom is 0.185 e. The molecule has 8 heteroatoms. The SMILES string of the molecule is CCc1ccc(-c2csc(N3CCC(S(=O)(=O)c4ccc(OC)c(OC)c4)CC3)n2)cc1. The Kier molecular flexibility index (Phi) is 6.71. The van der Waals surface area contributed by atoms with E-state index in [4.69, 9.17) is 14.5 Å². The normalized spacial score (nSPS) is 15.0. The van der Waals surface area contributed by atoms with Gasteiger partial charge >= 0.3 is 0 Å². The summed E-state index contributed by atoms with van der Waals surface area (Å²) in [7, 11) is -0.408. The molecule has 2 heterocycles. The van der Waals surface area contributed by atoms with Crippen molar-refractivity contribution in [1.82, 2.24) is 4.98 Å². The molecule has 0 amide bonds. The third-order valence-corrected chi connectivity index (χ3v) is 9.15. The molecular weight excluding hydrogens is 444 g/mol. The number of ether oxygens (including phenoxy) is 2. The predicted octanol–water partition coefficient (Wildman–Crippen LogP) is 4.83. The van der Waals surface area contributed by atoms with Crippen LogP contribution in [0.4, 0.5) is 5.13 Å². The van der Waals surface area contributed by atoms with E-state index in [2.05, 4.69) is 41.5 Å². The van der Waals surface area contributed by atoms with Gasteiger partial charge in [0.15, 0.2) is 26.5 Å². The molecule has 0 aliphatic carbocycles. The number of piperidine rings is 1. The molecule has 1 aliphatic heterocycles. The van der Waals surface area contributed by atoms with Crippen molar-refractivity contribution in [2.24, 2.45) is 0 Å². The van der Waals surface area contributed by atoms with Crippen molar-refractivity contribution in [2.75, 3.05) is 32.2 Å². The topological polar surface area (TPSA) is 68.7 Å². The van der Waals surface area contributed by atoms with Gasteiger partial charge in [0.25, 0.3) is 0 Å². The summed E-state index contributed by atoms with van der Waals surface area (Å²) in [5.41, 5.74) is 3.38. The maximum atomic E-state index is 13.2. The first-order valence-electron chi connectivity index (χ1n) is 10.7. The highest BCUT2D eigenvalue weighted by Crippen LogP contribution is 2.34. The Bertz CT molecular complexity index is 1160. The van der Waals surface area contributed by atoms with E-state index in [9.17, 15) is 8.42 Å². The summed E-state index contributed by atoms with van der Waals surface area (Å²) in [6.45, 7) is 3.47. The molecule has 32 heavy (non-hydrogen) atoms. The molecule has 1 aromatic heterocycles. The summed E-state index contributed by atoms with van der Waals surface area (Å²) in [5, 5.41) is 2.60. The molecule has 0 unspecified atom stereocenters. The summed E-state index contributed by atoms with van der Waals surface area (Å²) in [5.74, 6) is 0.943. The largest absolute Gasteiger partial charge is 0.493 e. The zero-order valence-electron chi connectivity index (χ0n) is 18.6. The van der Waals surface area contributed by atoms with Crippen LogP contribution >= 0.6 is 11.3 Å². The van der Waals surface area contributed by atoms with Crippen molar-refractivity contribution in [3.05, 3.63) is 53.4 Å². The van der Waals surface area contributed by atoms with E-state index in [1.54, 1.807) is 29.5 Å². The van der Waals surface area contributed by atoms with E-state index >= 15 is 0 Å². The van der Waals surface area contributed by atoms with E-state index in [1.807, 2.05) is 0 Å². The van der Waals surface area contributed by atoms with Gasteiger partial charge in [0.1, 0.15) is 0 Å². The van der Waals surface area contributed by atoms with Gasteiger partial charge in [-0.2, -0.15) is 0 Å². The highest BCUT2D eigenvalue weighted by Gasteiger charge is 2.32. The van der Waals surface area contributed by atoms with Crippen LogP contribution in [0.5, 0.6) is 11.5 Å². The smallest absolute Gasteiger partial charge is 0.185 e. The fourth-order valence-electron chi connectivity index (χ4n) is 4.00. The summed E-state index contributed by atoms with van der Waals surface area (Å²) in [6, 6.07) is 13.3. The average molecular weight is 473 g/mol. The molecule has 0 bridgehead atoms. The van der Waals surface area contributed by atoms with Crippen LogP contribution in [0, 0.1) is 0 Å². The van der Waals surface area contributed by atoms with Gasteiger partial charge in [0.2, 0.25) is 0 Å². The van der Waals surface area contributed by atoms with Crippen molar-refractivity contribution in [3.8, 4) is 22.8 Å². The first-order valence-corrected chi connectivity index (χ1v) is 13.1. The van der Waals surface area contributed by atoms with Gasteiger partial charge in [-0.1, -0.05) is 31.2 Å². The second-order valence-electron chi connectivity index (χ2n) is 7.81. The number of rotatable bonds is 7. The van der Waals surface area contributed by atoms with Crippen LogP contribution in [0.3, 0.4) is 0 Å². The zero-order chi connectivity index (χ0) is 22.7. The van der Waals surface area contributed by atoms with Crippen LogP contribution in [0.15, 0.2) is 52.7 Å². The Labute approximate surface area is 193 Å². The summed E-state index contributed by atoms with van der Waals surface area (Å²) in [4.78, 5) is 7.28. The minimum atomic E-state index is -3.45. The highest BCUT2D eigenvalue weighted by atomic mass is 32.2. The molecule has 1 saturated heterocycles. The van der Waals surface area contributed by atoms with Gasteiger partial charge in [-0.15, -0.1) is 11.3 Å². The number of thiazole rings is 1. The Morgan fingerprint density at radius 3 is 2.34 bits per heavy atom. The van der Waals surface area contributed by atoms with Crippen LogP contribution in [0.1, 0.15) is 25.3 Å². The molecule has 0 N–H and O–H groups in total. The first kappa shape index (κ1) is 22.6. The Hall–Kier alpha value is -2.58. The summed E-state index contributed by atoms with van der Waals surface area (Å²) < 4.78 is 36.9. The third-order valence-electron chi connectivity index (χ3n) is 5.98. The van der Waals surface area contributed by atoms with Gasteiger partial charge in [0, 0.05) is 30.1 Å². The van der Waals surface area contributed by atoms with Crippen LogP contribution in [0.25, 0.3) is 11.3 Å². The van der Waals surface area contributed by atoms with Crippen LogP contribution < -0.4 is 14.4 Å². The second-order valence-corrected chi connectivity index (χ2v) is 10.9. The number of anilines is 1. The zero-order valence-corrected chi connectivity index (χ0v) is 20.2. The van der Waals surface area contributed by atoms with Gasteiger partial charge in [0.05, 0.1) is 30.1 Å². The Balaban J connectivity index is 1.44. The maximum absolute atomic E-state index is 13.2. The Morgan fingerprint density at radius 1 is 1.03 bits per heavy atom. The van der Waals surface area contributed by atoms with Crippen molar-refractivity contribution in [1.29, 1.82) is 0 Å². The minimum absolute atomic E-state index is 0.278. The lowest BCUT2D eigenvalue weighted by Gasteiger charge is -2.31. The molecule has 0 spiro atoms. The fraction of sp³-hybridized carbons (Fsp3) is 0.375. The summed E-state index contributed by atoms with van der Waals surface area (Å²) >= 11 is 1.61. The van der Waals surface area contributed by atoms with Gasteiger partial charge in [-0.05, 0) is 37.0 Å². The molecule has 2 aromatic carbocycles. The molecule has 3 aromatic rings. The van der Waals surface area contributed by atoms with Gasteiger partial charge in [-0.3, -0.25) is 0 Å². The first-order chi connectivity index (χ1) is 15.5. The number of hydrogen-bond donors (Lipinski definition) is 0. The molecule has 1 aliphatic rings. The fourth-order valence-corrected chi connectivity index (χ4v) is 6.63. The monoisotopic (exact) mass is 472 g/mol. The number of nitrogens with zero attached hydrogens (tertiary/aromatic N) is 2. The molecule has 6 nitrogen and oxygen atoms in total. The van der Waals surface area contributed by atoms with Crippen LogP contribution in [-0.4, -0.2) is 46.0 Å². The van der Waals surface area contributed by atoms with Gasteiger partial charge in [-0.25, -0.2) is 13.4 Å². The Morgan fingerprint density at radius 2 is 1.72 bits per heavy atom. The molecule has 0 radical (unpaired) electrons. The molecule has 1 fully saturated rings. The van der Waals surface area contributed by atoms with E-state index in [0.717, 1.165) is 22.8 Å². The quantitative estimate of drug-likeness (QED) is 0.491. The molecule has 4 rings (SSSR count). The number of aryl methyl sites for hydroxylation is 1. The van der Waals surface area contributed by atoms with E-state index in [1.165, 1.54) is 19.8 Å². The van der Waals surface area contributed by atoms with Crippen molar-refractivity contribution < 1.29 is 17.9 Å². The second kappa shape index (κ2) is 9.50. The number of benzene rings is 2. The molecule has 0 saturated carbocycles. The standard InChI is InChI=1S/C24H28N2O4S2/c1-4-17-5-7-18(8-6-17)21-16-31-24(25-21)26-13-11-19(12-14-26)32(27,28)20-9-10-22(29-2)23(15-20)30-3/h5-10,15-16,19H,4,11-14H2,1-3H3. The lowest BCUT2D eigenvalue weighted by molar-refractivity contribution is 0.354. The number of aromatic nitrogens is 1. The van der Waals surface area contributed by atoms with Gasteiger partial charge < -0.3 is 14.4 Å². The molecular formula is C24H28N2O4S2. The van der Waals surface area contributed by atoms with E-state index in [-0.39, 0.29) is 4.90 Å². The predicted molar refractivity (Wildman–Crippen MR) is 129 cm³/mol. The third kappa shape index (κ3) is 4.47. The van der Waals surface area contributed by atoms with E-state index < -0.39 is 15.1 Å². The lowest BCUT2D eigenvalue weighted by atomic mass is 10.1. The number of methoxy groups -OCH3 is 2. The van der Waals surface area contributed by atoms with E-state index in [0.29, 0.717) is 37.4 Å². The van der Waals surface area contributed by atoms with Crippen molar-refractivity contribution >= 4 is 26.3 Å². The minimum Gasteiger partial charge on any atom is -0.493 e. The number of sulfone groups is 1. The van der Waals surface area contributed by atoms with Crippen LogP contribution in [-0.2, 0) is 16.3 Å². The molecule has 170 valence electrons. The summed E-state index contributed by atoms with van der Waals surface area (Å²) in [6.07, 6.45) is 2.15. The number of hydrogen-bond acceptors (Lipinski definition) is 7. The lowest BCUT2D eigenvalue weighted by Crippen LogP contribution is -2.39.